The first-order valence-corrected chi connectivity index (χ1v) is 42.3. The number of phosphoric acid groups is 1. The summed E-state index contributed by atoms with van der Waals surface area (Å²) in [4.78, 5) is 23.5. The molecule has 0 aliphatic heterocycles. The quantitative estimate of drug-likeness (QED) is 0.0243. The van der Waals surface area contributed by atoms with Gasteiger partial charge in [-0.2, -0.15) is 0 Å². The van der Waals surface area contributed by atoms with E-state index in [2.05, 4.69) is 116 Å². The zero-order chi connectivity index (χ0) is 69.0. The topological polar surface area (TPSA) is 105 Å². The second-order valence-electron chi connectivity index (χ2n) is 28.7. The van der Waals surface area contributed by atoms with Crippen LogP contribution in [0.25, 0.3) is 0 Å². The summed E-state index contributed by atoms with van der Waals surface area (Å²) in [7, 11) is 1.55. The maximum absolute atomic E-state index is 13.1. The van der Waals surface area contributed by atoms with Gasteiger partial charge in [0.05, 0.1) is 39.9 Å². The molecule has 0 aliphatic rings. The van der Waals surface area contributed by atoms with Crippen LogP contribution in [0.4, 0.5) is 0 Å². The van der Waals surface area contributed by atoms with Crippen molar-refractivity contribution in [3.63, 3.8) is 0 Å². The Kier molecular flexibility index (Phi) is 73.1. The summed E-state index contributed by atoms with van der Waals surface area (Å²) in [5.74, 6) is -0.187. The summed E-state index contributed by atoms with van der Waals surface area (Å²) in [5.41, 5.74) is 0. The Hall–Kier alpha value is -2.84. The van der Waals surface area contributed by atoms with Gasteiger partial charge in [0.1, 0.15) is 13.2 Å². The number of nitrogens with zero attached hydrogens (tertiary/aromatic N) is 1. The minimum absolute atomic E-state index is 0.0519. The number of nitrogens with one attached hydrogen (secondary N) is 1. The molecule has 9 heteroatoms. The first-order chi connectivity index (χ1) is 46.5. The molecular weight excluding hydrogens is 1190 g/mol. The summed E-state index contributed by atoms with van der Waals surface area (Å²) >= 11 is 0. The first-order valence-electron chi connectivity index (χ1n) is 40.8. The normalized spacial score (nSPS) is 14.1. The van der Waals surface area contributed by atoms with Gasteiger partial charge in [0, 0.05) is 6.42 Å². The highest BCUT2D eigenvalue weighted by atomic mass is 31.2. The van der Waals surface area contributed by atoms with Crippen molar-refractivity contribution in [1.29, 1.82) is 0 Å². The number of quaternary nitrogens is 1. The molecule has 3 unspecified atom stereocenters. The summed E-state index contributed by atoms with van der Waals surface area (Å²) in [6, 6.07) is -0.876. The van der Waals surface area contributed by atoms with E-state index in [9.17, 15) is 19.4 Å². The van der Waals surface area contributed by atoms with Gasteiger partial charge in [-0.3, -0.25) is 13.8 Å². The van der Waals surface area contributed by atoms with E-state index in [0.717, 1.165) is 83.5 Å². The maximum atomic E-state index is 13.1. The SMILES string of the molecule is CC/C=C\C/C=C\C/C=C\C/C=C\C/C=C\C/C=C\CCCCCCCCCCCCCCCCCCCCCCCCC(=O)NC(COP(=O)(O)OCC[N+](C)(C)C)C(O)/C=C/CC/C=C/CC/C=C/CCCCCCCCCCCCCCCCCCCCCCCC. The zero-order valence-electron chi connectivity index (χ0n) is 63.4. The maximum Gasteiger partial charge on any atom is 0.472 e. The fourth-order valence-corrected chi connectivity index (χ4v) is 12.7. The van der Waals surface area contributed by atoms with Crippen LogP contribution in [0, 0.1) is 0 Å². The number of likely N-dealkylation sites (N-methyl/N-ethyl adjacent to an activating group) is 1. The lowest BCUT2D eigenvalue weighted by atomic mass is 10.0. The third kappa shape index (κ3) is 78.4. The van der Waals surface area contributed by atoms with E-state index in [1.807, 2.05) is 27.2 Å². The number of unbranched alkanes of at least 4 members (excludes halogenated alkanes) is 46. The van der Waals surface area contributed by atoms with E-state index in [1.54, 1.807) is 6.08 Å². The number of carbonyl (C=O) groups excluding carboxylic acids is 1. The van der Waals surface area contributed by atoms with Gasteiger partial charge in [0.15, 0.2) is 0 Å². The van der Waals surface area contributed by atoms with Gasteiger partial charge >= 0.3 is 7.82 Å². The number of hydrogen-bond acceptors (Lipinski definition) is 5. The Bertz CT molecular complexity index is 1930. The molecule has 8 nitrogen and oxygen atoms in total. The molecule has 0 radical (unpaired) electrons. The average molecular weight is 1350 g/mol. The van der Waals surface area contributed by atoms with E-state index in [-0.39, 0.29) is 19.1 Å². The second kappa shape index (κ2) is 75.4. The van der Waals surface area contributed by atoms with Gasteiger partial charge in [-0.25, -0.2) is 4.57 Å². The Morgan fingerprint density at radius 1 is 0.368 bits per heavy atom. The third-order valence-corrected chi connectivity index (χ3v) is 19.2. The molecule has 0 aliphatic carbocycles. The lowest BCUT2D eigenvalue weighted by molar-refractivity contribution is -0.870. The van der Waals surface area contributed by atoms with Crippen molar-refractivity contribution in [3.05, 3.63) is 109 Å². The molecule has 95 heavy (non-hydrogen) atoms. The summed E-state index contributed by atoms with van der Waals surface area (Å²) in [6.45, 7) is 4.71. The highest BCUT2D eigenvalue weighted by molar-refractivity contribution is 7.47. The van der Waals surface area contributed by atoms with Crippen LogP contribution in [-0.4, -0.2) is 73.4 Å². The Labute approximate surface area is 591 Å². The molecule has 0 saturated heterocycles. The summed E-state index contributed by atoms with van der Waals surface area (Å²) in [5, 5.41) is 14.0. The Morgan fingerprint density at radius 3 is 0.968 bits per heavy atom. The molecule has 0 rings (SSSR count). The molecule has 0 fully saturated rings. The van der Waals surface area contributed by atoms with Crippen LogP contribution in [0.3, 0.4) is 0 Å². The van der Waals surface area contributed by atoms with Crippen molar-refractivity contribution in [2.24, 2.45) is 0 Å². The standard InChI is InChI=1S/C86H157N2O6P/c1-6-8-10-12-14-16-18-20-22-24-26-28-30-32-34-36-38-40-41-42-43-44-45-46-47-48-50-52-54-56-58-60-62-64-66-68-70-72-74-76-78-80-86(90)87-84(83-94-95(91,92)93-82-81-88(3,4)5)85(89)79-77-75-73-71-69-67-65-63-61-59-57-55-53-51-49-39-37-35-33-31-29-27-25-23-21-19-17-15-13-11-9-7-2/h8,10,14,16,20,22,26,28,32,34,38,40,61,63,69,71,77,79,84-85,89H,6-7,9,11-13,15,17-19,21,23-25,27,29-31,33,35-37,39,41-60,62,64-68,70,72-76,78,80-83H2,1-5H3,(H-,87,90,91,92)/p+1/b10-8-,16-14-,22-20-,28-26-,34-32-,40-38-,63-61+,71-69+,79-77+. The van der Waals surface area contributed by atoms with Crippen molar-refractivity contribution in [3.8, 4) is 0 Å². The molecule has 0 heterocycles. The third-order valence-electron chi connectivity index (χ3n) is 18.2. The van der Waals surface area contributed by atoms with Crippen LogP contribution in [0.15, 0.2) is 109 Å². The number of carbonyl (C=O) groups is 1. The van der Waals surface area contributed by atoms with Crippen LogP contribution >= 0.6 is 7.82 Å². The number of hydrogen-bond donors (Lipinski definition) is 3. The Morgan fingerprint density at radius 2 is 0.642 bits per heavy atom. The minimum atomic E-state index is -4.37. The number of amides is 1. The molecule has 3 N–H and O–H groups in total. The van der Waals surface area contributed by atoms with E-state index in [0.29, 0.717) is 17.4 Å². The molecule has 1 amide bonds. The average Bonchev–Trinajstić information content (AvgIpc) is 2.01. The lowest BCUT2D eigenvalue weighted by Crippen LogP contribution is -2.45. The van der Waals surface area contributed by atoms with Crippen molar-refractivity contribution in [2.75, 3.05) is 40.9 Å². The molecule has 0 aromatic carbocycles. The van der Waals surface area contributed by atoms with Crippen molar-refractivity contribution < 1.29 is 32.9 Å². The molecule has 0 saturated carbocycles. The van der Waals surface area contributed by atoms with Crippen LogP contribution in [0.1, 0.15) is 380 Å². The predicted octanol–water partition coefficient (Wildman–Crippen LogP) is 27.0. The minimum Gasteiger partial charge on any atom is -0.387 e. The first kappa shape index (κ1) is 92.2. The number of aliphatic hydroxyl groups is 1. The molecule has 552 valence electrons. The monoisotopic (exact) mass is 1350 g/mol. The van der Waals surface area contributed by atoms with Crippen molar-refractivity contribution in [2.45, 2.75) is 392 Å². The van der Waals surface area contributed by atoms with Crippen LogP contribution in [0.2, 0.25) is 0 Å². The number of allylic oxidation sites excluding steroid dienone is 17. The predicted molar refractivity (Wildman–Crippen MR) is 419 cm³/mol. The van der Waals surface area contributed by atoms with Crippen LogP contribution < -0.4 is 5.32 Å². The number of aliphatic hydroxyl groups excluding tert-OH is 1. The molecule has 0 aromatic heterocycles. The molecular formula is C86H158N2O6P+. The van der Waals surface area contributed by atoms with Crippen LogP contribution in [-0.2, 0) is 18.4 Å². The Balaban J connectivity index is 4.00. The summed E-state index contributed by atoms with van der Waals surface area (Å²) in [6.07, 6.45) is 112. The smallest absolute Gasteiger partial charge is 0.387 e. The van der Waals surface area contributed by atoms with E-state index in [4.69, 9.17) is 9.05 Å². The fraction of sp³-hybridized carbons (Fsp3) is 0.779. The van der Waals surface area contributed by atoms with Gasteiger partial charge in [-0.1, -0.05) is 386 Å². The van der Waals surface area contributed by atoms with Crippen molar-refractivity contribution in [1.82, 2.24) is 5.32 Å². The number of phosphoric ester groups is 1. The highest BCUT2D eigenvalue weighted by Crippen LogP contribution is 2.43. The van der Waals surface area contributed by atoms with Gasteiger partial charge < -0.3 is 19.8 Å². The fourth-order valence-electron chi connectivity index (χ4n) is 12.0. The van der Waals surface area contributed by atoms with E-state index >= 15 is 0 Å². The van der Waals surface area contributed by atoms with E-state index in [1.165, 1.54) is 276 Å². The molecule has 0 spiro atoms. The summed E-state index contributed by atoms with van der Waals surface area (Å²) < 4.78 is 23.9. The second-order valence-corrected chi connectivity index (χ2v) is 30.2. The van der Waals surface area contributed by atoms with E-state index < -0.39 is 20.0 Å². The molecule has 3 atom stereocenters. The largest absolute Gasteiger partial charge is 0.472 e. The highest BCUT2D eigenvalue weighted by Gasteiger charge is 2.28. The van der Waals surface area contributed by atoms with Gasteiger partial charge in [-0.05, 0) is 96.3 Å². The molecule has 0 bridgehead atoms. The van der Waals surface area contributed by atoms with Gasteiger partial charge in [0.2, 0.25) is 5.91 Å². The van der Waals surface area contributed by atoms with Gasteiger partial charge in [-0.15, -0.1) is 0 Å². The molecule has 0 aromatic rings. The van der Waals surface area contributed by atoms with Crippen molar-refractivity contribution >= 4 is 13.7 Å². The van der Waals surface area contributed by atoms with Crippen LogP contribution in [0.5, 0.6) is 0 Å². The van der Waals surface area contributed by atoms with Gasteiger partial charge in [0.25, 0.3) is 0 Å². The zero-order valence-corrected chi connectivity index (χ0v) is 64.3. The number of rotatable bonds is 75. The lowest BCUT2D eigenvalue weighted by Gasteiger charge is -2.25.